The number of rotatable bonds is 5. The molecule has 0 N–H and O–H groups in total. The van der Waals surface area contributed by atoms with E-state index in [-0.39, 0.29) is 0 Å². The number of methoxy groups -OCH3 is 1. The molecule has 0 aliphatic rings. The van der Waals surface area contributed by atoms with Crippen LogP contribution in [0.4, 0.5) is 0 Å². The van der Waals surface area contributed by atoms with E-state index in [0.29, 0.717) is 0 Å². The number of nitrogens with zero attached hydrogens (tertiary/aromatic N) is 1. The lowest BCUT2D eigenvalue weighted by Crippen LogP contribution is -1.91. The minimum atomic E-state index is 0.806. The van der Waals surface area contributed by atoms with Gasteiger partial charge in [-0.1, -0.05) is 30.3 Å². The summed E-state index contributed by atoms with van der Waals surface area (Å²) < 4.78 is 5.03. The van der Waals surface area contributed by atoms with Gasteiger partial charge < -0.3 is 4.74 Å². The second kappa shape index (κ2) is 5.77. The maximum atomic E-state index is 5.03. The van der Waals surface area contributed by atoms with Crippen LogP contribution >= 0.6 is 11.3 Å². The minimum absolute atomic E-state index is 0.806. The van der Waals surface area contributed by atoms with Crippen molar-refractivity contribution in [1.82, 2.24) is 4.98 Å². The molecule has 0 saturated carbocycles. The van der Waals surface area contributed by atoms with E-state index < -0.39 is 0 Å². The fraction of sp³-hybridized carbons (Fsp3) is 0.308. The lowest BCUT2D eigenvalue weighted by molar-refractivity contribution is 0.195. The van der Waals surface area contributed by atoms with Crippen molar-refractivity contribution in [1.29, 1.82) is 0 Å². The van der Waals surface area contributed by atoms with Crippen molar-refractivity contribution in [2.45, 2.75) is 12.8 Å². The highest BCUT2D eigenvalue weighted by molar-refractivity contribution is 7.09. The number of thiazole rings is 1. The highest BCUT2D eigenvalue weighted by Gasteiger charge is 2.03. The molecule has 0 bridgehead atoms. The molecule has 1 aromatic heterocycles. The Bertz CT molecular complexity index is 425. The fourth-order valence-electron chi connectivity index (χ4n) is 1.53. The molecule has 3 heteroatoms. The molecule has 2 rings (SSSR count). The first kappa shape index (κ1) is 11.3. The lowest BCUT2D eigenvalue weighted by atomic mass is 10.2. The Morgan fingerprint density at radius 1 is 1.25 bits per heavy atom. The van der Waals surface area contributed by atoms with E-state index in [0.717, 1.165) is 25.1 Å². The first-order valence-corrected chi connectivity index (χ1v) is 6.27. The van der Waals surface area contributed by atoms with E-state index in [9.17, 15) is 0 Å². The standard InChI is InChI=1S/C13H15NOS/c1-15-9-5-8-13-14-12(10-16-13)11-6-3-2-4-7-11/h2-4,6-7,10H,5,8-9H2,1H3. The van der Waals surface area contributed by atoms with Gasteiger partial charge in [0.05, 0.1) is 10.7 Å². The van der Waals surface area contributed by atoms with Gasteiger partial charge >= 0.3 is 0 Å². The van der Waals surface area contributed by atoms with Crippen molar-refractivity contribution in [3.63, 3.8) is 0 Å². The number of hydrogen-bond donors (Lipinski definition) is 0. The SMILES string of the molecule is COCCCc1nc(-c2ccccc2)cs1. The molecule has 1 heterocycles. The molecule has 0 aliphatic heterocycles. The van der Waals surface area contributed by atoms with Gasteiger partial charge in [-0.05, 0) is 6.42 Å². The van der Waals surface area contributed by atoms with Gasteiger partial charge in [-0.3, -0.25) is 0 Å². The van der Waals surface area contributed by atoms with Crippen LogP contribution in [0.2, 0.25) is 0 Å². The predicted octanol–water partition coefficient (Wildman–Crippen LogP) is 3.39. The maximum absolute atomic E-state index is 5.03. The van der Waals surface area contributed by atoms with Crippen LogP contribution in [-0.2, 0) is 11.2 Å². The number of aromatic nitrogens is 1. The summed E-state index contributed by atoms with van der Waals surface area (Å²) >= 11 is 1.73. The van der Waals surface area contributed by atoms with Gasteiger partial charge in [0, 0.05) is 31.1 Å². The topological polar surface area (TPSA) is 22.1 Å². The van der Waals surface area contributed by atoms with Crippen LogP contribution in [-0.4, -0.2) is 18.7 Å². The van der Waals surface area contributed by atoms with Crippen LogP contribution < -0.4 is 0 Å². The summed E-state index contributed by atoms with van der Waals surface area (Å²) in [7, 11) is 1.73. The average Bonchev–Trinajstić information content (AvgIpc) is 2.79. The van der Waals surface area contributed by atoms with Gasteiger partial charge in [0.1, 0.15) is 0 Å². The number of benzene rings is 1. The van der Waals surface area contributed by atoms with Crippen LogP contribution in [0.5, 0.6) is 0 Å². The zero-order chi connectivity index (χ0) is 11.2. The average molecular weight is 233 g/mol. The van der Waals surface area contributed by atoms with E-state index in [1.165, 1.54) is 10.6 Å². The molecule has 0 fully saturated rings. The largest absolute Gasteiger partial charge is 0.385 e. The van der Waals surface area contributed by atoms with Crippen molar-refractivity contribution in [2.75, 3.05) is 13.7 Å². The molecule has 0 unspecified atom stereocenters. The zero-order valence-electron chi connectivity index (χ0n) is 9.35. The normalized spacial score (nSPS) is 10.6. The van der Waals surface area contributed by atoms with E-state index in [4.69, 9.17) is 4.74 Å². The quantitative estimate of drug-likeness (QED) is 0.738. The van der Waals surface area contributed by atoms with E-state index >= 15 is 0 Å². The Labute approximate surface area is 99.9 Å². The Hall–Kier alpha value is -1.19. The maximum Gasteiger partial charge on any atom is 0.0933 e. The van der Waals surface area contributed by atoms with Crippen LogP contribution in [0.15, 0.2) is 35.7 Å². The van der Waals surface area contributed by atoms with Gasteiger partial charge in [-0.25, -0.2) is 4.98 Å². The van der Waals surface area contributed by atoms with Gasteiger partial charge in [0.25, 0.3) is 0 Å². The summed E-state index contributed by atoms with van der Waals surface area (Å²) in [6.07, 6.45) is 2.05. The molecule has 0 saturated heterocycles. The number of hydrogen-bond acceptors (Lipinski definition) is 3. The Balaban J connectivity index is 2.02. The second-order valence-electron chi connectivity index (χ2n) is 3.59. The lowest BCUT2D eigenvalue weighted by Gasteiger charge is -1.96. The fourth-order valence-corrected chi connectivity index (χ4v) is 2.38. The molecular formula is C13H15NOS. The first-order valence-electron chi connectivity index (χ1n) is 5.39. The van der Waals surface area contributed by atoms with E-state index in [2.05, 4.69) is 22.5 Å². The third kappa shape index (κ3) is 2.90. The molecule has 84 valence electrons. The van der Waals surface area contributed by atoms with Crippen molar-refractivity contribution in [3.05, 3.63) is 40.7 Å². The number of ether oxygens (including phenoxy) is 1. The van der Waals surface area contributed by atoms with Crippen LogP contribution in [0, 0.1) is 0 Å². The Kier molecular flexibility index (Phi) is 4.08. The van der Waals surface area contributed by atoms with Gasteiger partial charge in [0.15, 0.2) is 0 Å². The van der Waals surface area contributed by atoms with Gasteiger partial charge in [0.2, 0.25) is 0 Å². The zero-order valence-corrected chi connectivity index (χ0v) is 10.2. The van der Waals surface area contributed by atoms with Gasteiger partial charge in [-0.2, -0.15) is 0 Å². The molecule has 1 aromatic carbocycles. The summed E-state index contributed by atoms with van der Waals surface area (Å²) in [6, 6.07) is 10.3. The highest BCUT2D eigenvalue weighted by Crippen LogP contribution is 2.22. The Morgan fingerprint density at radius 3 is 2.81 bits per heavy atom. The van der Waals surface area contributed by atoms with Crippen LogP contribution in [0.1, 0.15) is 11.4 Å². The molecule has 2 nitrogen and oxygen atoms in total. The number of aryl methyl sites for hydroxylation is 1. The minimum Gasteiger partial charge on any atom is -0.385 e. The molecule has 16 heavy (non-hydrogen) atoms. The first-order chi connectivity index (χ1) is 7.90. The summed E-state index contributed by atoms with van der Waals surface area (Å²) in [6.45, 7) is 0.806. The third-order valence-corrected chi connectivity index (χ3v) is 3.27. The molecule has 0 aliphatic carbocycles. The Morgan fingerprint density at radius 2 is 2.06 bits per heavy atom. The van der Waals surface area contributed by atoms with E-state index in [1.54, 1.807) is 18.4 Å². The summed E-state index contributed by atoms with van der Waals surface area (Å²) in [5.41, 5.74) is 2.27. The van der Waals surface area contributed by atoms with Crippen LogP contribution in [0.25, 0.3) is 11.3 Å². The smallest absolute Gasteiger partial charge is 0.0933 e. The summed E-state index contributed by atoms with van der Waals surface area (Å²) in [5.74, 6) is 0. The third-order valence-electron chi connectivity index (χ3n) is 2.36. The summed E-state index contributed by atoms with van der Waals surface area (Å²) in [4.78, 5) is 4.62. The molecule has 0 amide bonds. The van der Waals surface area contributed by atoms with E-state index in [1.807, 2.05) is 18.2 Å². The van der Waals surface area contributed by atoms with Crippen molar-refractivity contribution < 1.29 is 4.74 Å². The van der Waals surface area contributed by atoms with Crippen LogP contribution in [0.3, 0.4) is 0 Å². The summed E-state index contributed by atoms with van der Waals surface area (Å²) in [5, 5.41) is 3.31. The molecule has 0 spiro atoms. The molecule has 2 aromatic rings. The van der Waals surface area contributed by atoms with Crippen molar-refractivity contribution in [3.8, 4) is 11.3 Å². The van der Waals surface area contributed by atoms with Crippen molar-refractivity contribution >= 4 is 11.3 Å². The predicted molar refractivity (Wildman–Crippen MR) is 67.7 cm³/mol. The highest BCUT2D eigenvalue weighted by atomic mass is 32.1. The van der Waals surface area contributed by atoms with Crippen molar-refractivity contribution in [2.24, 2.45) is 0 Å². The second-order valence-corrected chi connectivity index (χ2v) is 4.53. The monoisotopic (exact) mass is 233 g/mol. The molecular weight excluding hydrogens is 218 g/mol. The van der Waals surface area contributed by atoms with Gasteiger partial charge in [-0.15, -0.1) is 11.3 Å². The molecule has 0 atom stereocenters. The molecule has 0 radical (unpaired) electrons.